The molecule has 0 spiro atoms. The smallest absolute Gasteiger partial charge is 0.187 e. The van der Waals surface area contributed by atoms with E-state index in [0.29, 0.717) is 29.2 Å². The molecule has 1 saturated heterocycles. The van der Waals surface area contributed by atoms with Crippen LogP contribution in [0.4, 0.5) is 0 Å². The zero-order valence-electron chi connectivity index (χ0n) is 14.3. The summed E-state index contributed by atoms with van der Waals surface area (Å²) < 4.78 is 0. The van der Waals surface area contributed by atoms with Crippen LogP contribution < -0.4 is 0 Å². The zero-order valence-corrected chi connectivity index (χ0v) is 15.8. The summed E-state index contributed by atoms with van der Waals surface area (Å²) in [6.45, 7) is 1.35. The Balaban J connectivity index is 1.72. The van der Waals surface area contributed by atoms with Gasteiger partial charge in [0.2, 0.25) is 0 Å². The Labute approximate surface area is 163 Å². The molecule has 2 nitrogen and oxygen atoms in total. The van der Waals surface area contributed by atoms with Crippen molar-refractivity contribution in [2.45, 2.75) is 18.9 Å². The van der Waals surface area contributed by atoms with E-state index in [1.54, 1.807) is 0 Å². The summed E-state index contributed by atoms with van der Waals surface area (Å²) in [6, 6.07) is 15.8. The second-order valence-corrected chi connectivity index (χ2v) is 7.66. The minimum atomic E-state index is 0.0849. The average molecular weight is 384 g/mol. The van der Waals surface area contributed by atoms with E-state index in [0.717, 1.165) is 22.3 Å². The predicted molar refractivity (Wildman–Crippen MR) is 108 cm³/mol. The van der Waals surface area contributed by atoms with Crippen molar-refractivity contribution in [1.29, 1.82) is 0 Å². The fourth-order valence-electron chi connectivity index (χ4n) is 3.32. The number of carbonyl (C=O) groups excluding carboxylic acids is 1. The fraction of sp³-hybridized carbons (Fsp3) is 0.227. The molecule has 2 aliphatic rings. The van der Waals surface area contributed by atoms with Crippen LogP contribution in [0.3, 0.4) is 0 Å². The molecule has 0 atom stereocenters. The lowest BCUT2D eigenvalue weighted by Crippen LogP contribution is -2.39. The van der Waals surface area contributed by atoms with E-state index in [1.165, 1.54) is 12.8 Å². The summed E-state index contributed by atoms with van der Waals surface area (Å²) in [5.74, 6) is 0.0849. The van der Waals surface area contributed by atoms with E-state index in [1.807, 2.05) is 60.7 Å². The van der Waals surface area contributed by atoms with Crippen LogP contribution in [0.1, 0.15) is 24.0 Å². The Morgan fingerprint density at radius 3 is 1.69 bits per heavy atom. The molecule has 2 aromatic rings. The minimum Gasteiger partial charge on any atom is -0.292 e. The molecule has 2 fully saturated rings. The first-order chi connectivity index (χ1) is 12.6. The van der Waals surface area contributed by atoms with Crippen LogP contribution in [0.25, 0.3) is 12.2 Å². The number of Topliss-reactive ketones (excluding diaryl/α,β-unsaturated/α-hetero) is 1. The number of nitrogens with zero attached hydrogens (tertiary/aromatic N) is 1. The molecule has 0 aromatic heterocycles. The summed E-state index contributed by atoms with van der Waals surface area (Å²) in [6.07, 6.45) is 6.26. The van der Waals surface area contributed by atoms with Gasteiger partial charge in [0.15, 0.2) is 5.78 Å². The van der Waals surface area contributed by atoms with Gasteiger partial charge in [-0.2, -0.15) is 0 Å². The second kappa shape index (κ2) is 7.40. The van der Waals surface area contributed by atoms with E-state index >= 15 is 0 Å². The highest BCUT2D eigenvalue weighted by atomic mass is 35.5. The molecule has 2 aromatic carbocycles. The standard InChI is InChI=1S/C22H19Cl2NO/c23-20-7-3-1-5-15(20)11-17-13-25(19-9-10-19)14-18(22(17)26)12-16-6-2-4-8-21(16)24/h1-8,11-12,19H,9-10,13-14H2/b17-11+,18-12+. The van der Waals surface area contributed by atoms with Crippen molar-refractivity contribution in [3.63, 3.8) is 0 Å². The molecule has 0 unspecified atom stereocenters. The Bertz CT molecular complexity index is 844. The first kappa shape index (κ1) is 17.5. The minimum absolute atomic E-state index is 0.0849. The number of ketones is 1. The Kier molecular flexibility index (Phi) is 4.99. The summed E-state index contributed by atoms with van der Waals surface area (Å²) in [7, 11) is 0. The van der Waals surface area contributed by atoms with Gasteiger partial charge in [-0.05, 0) is 48.3 Å². The van der Waals surface area contributed by atoms with Crippen LogP contribution in [0.15, 0.2) is 59.7 Å². The third-order valence-corrected chi connectivity index (χ3v) is 5.55. The Hall–Kier alpha value is -1.87. The predicted octanol–water partition coefficient (Wildman–Crippen LogP) is 5.51. The second-order valence-electron chi connectivity index (χ2n) is 6.85. The fourth-order valence-corrected chi connectivity index (χ4v) is 3.70. The van der Waals surface area contributed by atoms with Crippen molar-refractivity contribution in [2.75, 3.05) is 13.1 Å². The van der Waals surface area contributed by atoms with Crippen molar-refractivity contribution in [1.82, 2.24) is 4.90 Å². The molecular formula is C22H19Cl2NO. The summed E-state index contributed by atoms with van der Waals surface area (Å²) in [5, 5.41) is 1.32. The van der Waals surface area contributed by atoms with Crippen molar-refractivity contribution >= 4 is 41.1 Å². The number of halogens is 2. The topological polar surface area (TPSA) is 20.3 Å². The number of carbonyl (C=O) groups is 1. The van der Waals surface area contributed by atoms with Crippen LogP contribution in [-0.2, 0) is 4.79 Å². The SMILES string of the molecule is O=C1/C(=C/c2ccccc2Cl)CN(C2CC2)C/C1=C\c1ccccc1Cl. The van der Waals surface area contributed by atoms with Gasteiger partial charge in [0.05, 0.1) is 0 Å². The number of hydrogen-bond donors (Lipinski definition) is 0. The van der Waals surface area contributed by atoms with E-state index < -0.39 is 0 Å². The Morgan fingerprint density at radius 1 is 0.808 bits per heavy atom. The molecule has 132 valence electrons. The molecule has 1 saturated carbocycles. The third kappa shape index (κ3) is 3.78. The van der Waals surface area contributed by atoms with Crippen LogP contribution in [0.5, 0.6) is 0 Å². The van der Waals surface area contributed by atoms with E-state index in [4.69, 9.17) is 23.2 Å². The Morgan fingerprint density at radius 2 is 1.27 bits per heavy atom. The first-order valence-corrected chi connectivity index (χ1v) is 9.56. The number of likely N-dealkylation sites (tertiary alicyclic amines) is 1. The maximum Gasteiger partial charge on any atom is 0.187 e. The van der Waals surface area contributed by atoms with Crippen LogP contribution >= 0.6 is 23.2 Å². The number of hydrogen-bond acceptors (Lipinski definition) is 2. The van der Waals surface area contributed by atoms with Gasteiger partial charge in [-0.25, -0.2) is 0 Å². The largest absolute Gasteiger partial charge is 0.292 e. The van der Waals surface area contributed by atoms with Crippen molar-refractivity contribution < 1.29 is 4.79 Å². The van der Waals surface area contributed by atoms with Crippen LogP contribution in [-0.4, -0.2) is 29.8 Å². The number of rotatable bonds is 3. The summed E-state index contributed by atoms with van der Waals surface area (Å²) in [4.78, 5) is 15.5. The number of benzene rings is 2. The third-order valence-electron chi connectivity index (χ3n) is 4.86. The molecule has 1 heterocycles. The zero-order chi connectivity index (χ0) is 18.1. The quantitative estimate of drug-likeness (QED) is 0.651. The van der Waals surface area contributed by atoms with Gasteiger partial charge in [-0.3, -0.25) is 9.69 Å². The van der Waals surface area contributed by atoms with Gasteiger partial charge < -0.3 is 0 Å². The molecule has 4 rings (SSSR count). The van der Waals surface area contributed by atoms with Gasteiger partial charge >= 0.3 is 0 Å². The van der Waals surface area contributed by atoms with Gasteiger partial charge in [0.25, 0.3) is 0 Å². The average Bonchev–Trinajstić information content (AvgIpc) is 3.47. The highest BCUT2D eigenvalue weighted by molar-refractivity contribution is 6.33. The molecular weight excluding hydrogens is 365 g/mol. The monoisotopic (exact) mass is 383 g/mol. The molecule has 0 bridgehead atoms. The molecule has 26 heavy (non-hydrogen) atoms. The van der Waals surface area contributed by atoms with Gasteiger partial charge in [0.1, 0.15) is 0 Å². The van der Waals surface area contributed by atoms with Gasteiger partial charge in [-0.15, -0.1) is 0 Å². The van der Waals surface area contributed by atoms with E-state index in [2.05, 4.69) is 4.90 Å². The first-order valence-electron chi connectivity index (χ1n) is 8.81. The molecule has 0 N–H and O–H groups in total. The normalized spacial score (nSPS) is 21.5. The summed E-state index contributed by atoms with van der Waals surface area (Å²) in [5.41, 5.74) is 3.34. The van der Waals surface area contributed by atoms with E-state index in [-0.39, 0.29) is 5.78 Å². The van der Waals surface area contributed by atoms with E-state index in [9.17, 15) is 4.79 Å². The highest BCUT2D eigenvalue weighted by Crippen LogP contribution is 2.33. The van der Waals surface area contributed by atoms with Crippen molar-refractivity contribution in [3.8, 4) is 0 Å². The van der Waals surface area contributed by atoms with Crippen molar-refractivity contribution in [2.24, 2.45) is 0 Å². The molecule has 4 heteroatoms. The lowest BCUT2D eigenvalue weighted by atomic mass is 9.94. The lowest BCUT2D eigenvalue weighted by molar-refractivity contribution is -0.113. The van der Waals surface area contributed by atoms with Gasteiger partial charge in [0, 0.05) is 40.3 Å². The molecule has 1 aliphatic carbocycles. The van der Waals surface area contributed by atoms with Gasteiger partial charge in [-0.1, -0.05) is 59.6 Å². The van der Waals surface area contributed by atoms with Crippen LogP contribution in [0.2, 0.25) is 10.0 Å². The maximum absolute atomic E-state index is 13.1. The molecule has 0 radical (unpaired) electrons. The summed E-state index contributed by atoms with van der Waals surface area (Å²) >= 11 is 12.6. The van der Waals surface area contributed by atoms with Crippen LogP contribution in [0, 0.1) is 0 Å². The maximum atomic E-state index is 13.1. The van der Waals surface area contributed by atoms with Crippen molar-refractivity contribution in [3.05, 3.63) is 80.8 Å². The number of piperidine rings is 1. The molecule has 1 aliphatic heterocycles. The molecule has 0 amide bonds. The lowest BCUT2D eigenvalue weighted by Gasteiger charge is -2.30. The highest BCUT2D eigenvalue weighted by Gasteiger charge is 2.35.